The molecule has 74 valence electrons. The maximum atomic E-state index is 8.36. The van der Waals surface area contributed by atoms with Crippen LogP contribution in [0.15, 0.2) is 18.6 Å². The largest absolute Gasteiger partial charge is 0.483 e. The molecule has 6 nitrogen and oxygen atoms in total. The molecule has 0 spiro atoms. The number of ether oxygens (including phenoxy) is 1. The molecule has 2 aromatic heterocycles. The Morgan fingerprint density at radius 2 is 2.29 bits per heavy atom. The number of hydrogen-bond acceptors (Lipinski definition) is 4. The van der Waals surface area contributed by atoms with Gasteiger partial charge in [0.15, 0.2) is 5.52 Å². The summed E-state index contributed by atoms with van der Waals surface area (Å²) in [7, 11) is 1.58. The van der Waals surface area contributed by atoms with Gasteiger partial charge in [-0.1, -0.05) is 0 Å². The predicted octanol–water partition coefficient (Wildman–Crippen LogP) is 0.667. The fourth-order valence-electron chi connectivity index (χ4n) is 0.992. The smallest absolute Gasteiger partial charge is 0.290 e. The number of nitrogens with zero attached hydrogens (tertiary/aromatic N) is 2. The summed E-state index contributed by atoms with van der Waals surface area (Å²) in [5.41, 5.74) is 1.71. The molecule has 0 aliphatic rings. The van der Waals surface area contributed by atoms with E-state index < -0.39 is 0 Å². The van der Waals surface area contributed by atoms with E-state index in [2.05, 4.69) is 15.0 Å². The van der Waals surface area contributed by atoms with Gasteiger partial charge in [0, 0.05) is 6.20 Å². The molecule has 0 atom stereocenters. The number of aromatic amines is 1. The highest BCUT2D eigenvalue weighted by Gasteiger charge is 2.02. The number of hydrogen-bond donors (Lipinski definition) is 2. The summed E-state index contributed by atoms with van der Waals surface area (Å²) in [5, 5.41) is 6.89. The molecule has 0 unspecified atom stereocenters. The minimum Gasteiger partial charge on any atom is -0.483 e. The Kier molecular flexibility index (Phi) is 3.42. The van der Waals surface area contributed by atoms with Gasteiger partial charge in [-0.15, -0.1) is 0 Å². The molecule has 0 amide bonds. The molecule has 0 aliphatic carbocycles. The van der Waals surface area contributed by atoms with E-state index in [9.17, 15) is 0 Å². The monoisotopic (exact) mass is 195 g/mol. The molecule has 6 heteroatoms. The van der Waals surface area contributed by atoms with Gasteiger partial charge >= 0.3 is 0 Å². The van der Waals surface area contributed by atoms with Crippen molar-refractivity contribution in [1.82, 2.24) is 15.0 Å². The van der Waals surface area contributed by atoms with Crippen LogP contribution in [0.4, 0.5) is 0 Å². The van der Waals surface area contributed by atoms with Gasteiger partial charge in [-0.2, -0.15) is 0 Å². The predicted molar refractivity (Wildman–Crippen MR) is 49.1 cm³/mol. The summed E-state index contributed by atoms with van der Waals surface area (Å²) in [5.74, 6) is 0.559. The second-order valence-corrected chi connectivity index (χ2v) is 2.22. The van der Waals surface area contributed by atoms with Crippen LogP contribution in [0.25, 0.3) is 11.0 Å². The Hall–Kier alpha value is -2.11. The first-order chi connectivity index (χ1) is 6.83. The lowest BCUT2D eigenvalue weighted by molar-refractivity contribution is -0.122. The van der Waals surface area contributed by atoms with Crippen LogP contribution >= 0.6 is 0 Å². The first-order valence-corrected chi connectivity index (χ1v) is 3.73. The lowest BCUT2D eigenvalue weighted by Crippen LogP contribution is -1.87. The highest BCUT2D eigenvalue weighted by molar-refractivity contribution is 5.78. The molecule has 2 heterocycles. The zero-order valence-corrected chi connectivity index (χ0v) is 7.47. The van der Waals surface area contributed by atoms with E-state index in [4.69, 9.17) is 14.6 Å². The standard InChI is InChI=1S/C7H7N3O.CH2O2/c1-11-7-6-5(2-3-8-7)9-4-10-6;2-1-3/h2-4H,1H3,(H,9,10);1H,(H,2,3). The van der Waals surface area contributed by atoms with E-state index in [0.29, 0.717) is 5.88 Å². The van der Waals surface area contributed by atoms with Crippen molar-refractivity contribution in [1.29, 1.82) is 0 Å². The molecule has 0 fully saturated rings. The molecular formula is C8H9N3O3. The van der Waals surface area contributed by atoms with Crippen molar-refractivity contribution in [3.63, 3.8) is 0 Å². The van der Waals surface area contributed by atoms with Crippen LogP contribution in [0, 0.1) is 0 Å². The number of imidazole rings is 1. The fourth-order valence-corrected chi connectivity index (χ4v) is 0.992. The summed E-state index contributed by atoms with van der Waals surface area (Å²) in [6.07, 6.45) is 3.30. The summed E-state index contributed by atoms with van der Waals surface area (Å²) >= 11 is 0. The molecule has 2 aromatic rings. The number of nitrogens with one attached hydrogen (secondary N) is 1. The van der Waals surface area contributed by atoms with E-state index in [1.54, 1.807) is 19.6 Å². The number of H-pyrrole nitrogens is 1. The first-order valence-electron chi connectivity index (χ1n) is 3.73. The Bertz CT molecular complexity index is 413. The minimum absolute atomic E-state index is 0.250. The maximum absolute atomic E-state index is 8.36. The van der Waals surface area contributed by atoms with Gasteiger partial charge in [-0.25, -0.2) is 9.97 Å². The van der Waals surface area contributed by atoms with Crippen molar-refractivity contribution in [2.75, 3.05) is 7.11 Å². The third kappa shape index (κ3) is 1.98. The molecule has 0 aliphatic heterocycles. The van der Waals surface area contributed by atoms with E-state index in [1.165, 1.54) is 0 Å². The number of fused-ring (bicyclic) bond motifs is 1. The van der Waals surface area contributed by atoms with E-state index in [-0.39, 0.29) is 6.47 Å². The highest BCUT2D eigenvalue weighted by atomic mass is 16.5. The van der Waals surface area contributed by atoms with Gasteiger partial charge in [0.25, 0.3) is 6.47 Å². The molecule has 0 radical (unpaired) electrons. The van der Waals surface area contributed by atoms with Crippen LogP contribution in [0.2, 0.25) is 0 Å². The van der Waals surface area contributed by atoms with Gasteiger partial charge in [-0.3, -0.25) is 4.79 Å². The number of pyridine rings is 1. The minimum atomic E-state index is -0.250. The van der Waals surface area contributed by atoms with Gasteiger partial charge < -0.3 is 14.8 Å². The SMILES string of the molecule is COc1nccc2[nH]cnc12.O=CO. The average Bonchev–Trinajstić information content (AvgIpc) is 2.66. The van der Waals surface area contributed by atoms with Gasteiger partial charge in [0.2, 0.25) is 5.88 Å². The van der Waals surface area contributed by atoms with E-state index in [0.717, 1.165) is 11.0 Å². The number of rotatable bonds is 1. The summed E-state index contributed by atoms with van der Waals surface area (Å²) in [4.78, 5) is 19.4. The Balaban J connectivity index is 0.000000293. The lowest BCUT2D eigenvalue weighted by Gasteiger charge is -1.96. The van der Waals surface area contributed by atoms with E-state index in [1.807, 2.05) is 6.07 Å². The van der Waals surface area contributed by atoms with Crippen molar-refractivity contribution in [2.45, 2.75) is 0 Å². The third-order valence-corrected chi connectivity index (χ3v) is 1.50. The lowest BCUT2D eigenvalue weighted by atomic mass is 10.4. The maximum Gasteiger partial charge on any atom is 0.290 e. The Morgan fingerprint density at radius 3 is 2.93 bits per heavy atom. The van der Waals surface area contributed by atoms with E-state index >= 15 is 0 Å². The van der Waals surface area contributed by atoms with Crippen LogP contribution in [0.1, 0.15) is 0 Å². The first kappa shape index (κ1) is 9.97. The number of aromatic nitrogens is 3. The van der Waals surface area contributed by atoms with Crippen molar-refractivity contribution in [2.24, 2.45) is 0 Å². The van der Waals surface area contributed by atoms with Crippen LogP contribution in [-0.2, 0) is 4.79 Å². The van der Waals surface area contributed by atoms with Gasteiger partial charge in [0.1, 0.15) is 0 Å². The van der Waals surface area contributed by atoms with Crippen LogP contribution in [0.5, 0.6) is 5.88 Å². The van der Waals surface area contributed by atoms with Crippen LogP contribution in [0.3, 0.4) is 0 Å². The zero-order chi connectivity index (χ0) is 10.4. The normalized spacial score (nSPS) is 8.93. The van der Waals surface area contributed by atoms with Crippen molar-refractivity contribution < 1.29 is 14.6 Å². The molecule has 14 heavy (non-hydrogen) atoms. The topological polar surface area (TPSA) is 88.1 Å². The van der Waals surface area contributed by atoms with Gasteiger partial charge in [0.05, 0.1) is 19.0 Å². The molecule has 0 aromatic carbocycles. The van der Waals surface area contributed by atoms with Gasteiger partial charge in [-0.05, 0) is 6.07 Å². The number of carboxylic acid groups (broad SMARTS) is 1. The second-order valence-electron chi connectivity index (χ2n) is 2.22. The number of methoxy groups -OCH3 is 1. The Labute approximate surface area is 79.6 Å². The van der Waals surface area contributed by atoms with Crippen LogP contribution in [-0.4, -0.2) is 33.6 Å². The Morgan fingerprint density at radius 1 is 1.57 bits per heavy atom. The number of carbonyl (C=O) groups is 1. The highest BCUT2D eigenvalue weighted by Crippen LogP contribution is 2.17. The molecule has 2 rings (SSSR count). The van der Waals surface area contributed by atoms with Crippen molar-refractivity contribution >= 4 is 17.5 Å². The van der Waals surface area contributed by atoms with Crippen molar-refractivity contribution in [3.8, 4) is 5.88 Å². The summed E-state index contributed by atoms with van der Waals surface area (Å²) < 4.78 is 4.99. The molecule has 0 saturated carbocycles. The molecular weight excluding hydrogens is 186 g/mol. The second kappa shape index (κ2) is 4.80. The molecule has 0 bridgehead atoms. The van der Waals surface area contributed by atoms with Crippen molar-refractivity contribution in [3.05, 3.63) is 18.6 Å². The summed E-state index contributed by atoms with van der Waals surface area (Å²) in [6.45, 7) is -0.250. The quantitative estimate of drug-likeness (QED) is 0.653. The summed E-state index contributed by atoms with van der Waals surface area (Å²) in [6, 6.07) is 1.85. The molecule has 0 saturated heterocycles. The zero-order valence-electron chi connectivity index (χ0n) is 7.47. The third-order valence-electron chi connectivity index (χ3n) is 1.50. The fraction of sp³-hybridized carbons (Fsp3) is 0.125. The average molecular weight is 195 g/mol. The van der Waals surface area contributed by atoms with Crippen LogP contribution < -0.4 is 4.74 Å². The molecule has 2 N–H and O–H groups in total.